The SMILES string of the molecule is CC(=O)O[C@@H]1[C@H](OC(C)=O)[C@H](Nc2ccc([N+](=O)[O-])cc2)OC[C@H]1OC(C)=O. The number of nitrogens with zero attached hydrogens (tertiary/aromatic N) is 1. The molecule has 2 rings (SSSR count). The number of rotatable bonds is 6. The van der Waals surface area contributed by atoms with Gasteiger partial charge in [-0.3, -0.25) is 24.5 Å². The molecule has 1 aliphatic rings. The Morgan fingerprint density at radius 3 is 2.04 bits per heavy atom. The van der Waals surface area contributed by atoms with Crippen molar-refractivity contribution in [2.75, 3.05) is 11.9 Å². The smallest absolute Gasteiger partial charge is 0.303 e. The molecule has 1 N–H and O–H groups in total. The van der Waals surface area contributed by atoms with E-state index in [1.54, 1.807) is 0 Å². The molecule has 0 saturated carbocycles. The van der Waals surface area contributed by atoms with Crippen LogP contribution in [0.15, 0.2) is 24.3 Å². The third-order valence-electron chi connectivity index (χ3n) is 3.74. The fraction of sp³-hybridized carbons (Fsp3) is 0.471. The minimum atomic E-state index is -1.13. The van der Waals surface area contributed by atoms with E-state index in [0.29, 0.717) is 5.69 Å². The van der Waals surface area contributed by atoms with Crippen LogP contribution in [-0.4, -0.2) is 54.0 Å². The van der Waals surface area contributed by atoms with Crippen molar-refractivity contribution in [1.82, 2.24) is 0 Å². The standard InChI is InChI=1S/C17H20N2O9/c1-9(20)26-14-8-25-17(16(28-11(3)22)15(14)27-10(2)21)18-12-4-6-13(7-5-12)19(23)24/h4-7,14-18H,8H2,1-3H3/t14-,15+,16+,17-/m1/s1. The number of nitro benzene ring substituents is 1. The molecule has 0 unspecified atom stereocenters. The number of esters is 3. The second-order valence-electron chi connectivity index (χ2n) is 6.00. The van der Waals surface area contributed by atoms with Crippen molar-refractivity contribution in [2.45, 2.75) is 45.3 Å². The first kappa shape index (κ1) is 21.1. The number of non-ortho nitro benzene ring substituents is 1. The molecule has 0 bridgehead atoms. The summed E-state index contributed by atoms with van der Waals surface area (Å²) in [4.78, 5) is 44.6. The third kappa shape index (κ3) is 5.64. The van der Waals surface area contributed by atoms with Crippen LogP contribution in [0.3, 0.4) is 0 Å². The van der Waals surface area contributed by atoms with Gasteiger partial charge in [0.1, 0.15) is 0 Å². The monoisotopic (exact) mass is 396 g/mol. The molecule has 28 heavy (non-hydrogen) atoms. The second kappa shape index (κ2) is 9.13. The second-order valence-corrected chi connectivity index (χ2v) is 6.00. The molecule has 1 fully saturated rings. The molecule has 11 heteroatoms. The summed E-state index contributed by atoms with van der Waals surface area (Å²) in [5.41, 5.74) is 0.347. The Hall–Kier alpha value is -3.21. The van der Waals surface area contributed by atoms with Crippen LogP contribution in [0.4, 0.5) is 11.4 Å². The van der Waals surface area contributed by atoms with Gasteiger partial charge in [0.15, 0.2) is 24.5 Å². The van der Waals surface area contributed by atoms with Crippen molar-refractivity contribution >= 4 is 29.3 Å². The fourth-order valence-electron chi connectivity index (χ4n) is 2.71. The first-order valence-electron chi connectivity index (χ1n) is 8.31. The van der Waals surface area contributed by atoms with Gasteiger partial charge in [-0.2, -0.15) is 0 Å². The summed E-state index contributed by atoms with van der Waals surface area (Å²) in [6.45, 7) is 3.40. The Morgan fingerprint density at radius 2 is 1.54 bits per heavy atom. The van der Waals surface area contributed by atoms with Gasteiger partial charge in [0.25, 0.3) is 5.69 Å². The maximum Gasteiger partial charge on any atom is 0.303 e. The van der Waals surface area contributed by atoms with Gasteiger partial charge in [-0.05, 0) is 12.1 Å². The van der Waals surface area contributed by atoms with E-state index in [9.17, 15) is 24.5 Å². The maximum atomic E-state index is 11.6. The van der Waals surface area contributed by atoms with Crippen LogP contribution in [0.5, 0.6) is 0 Å². The predicted molar refractivity (Wildman–Crippen MR) is 93.1 cm³/mol. The van der Waals surface area contributed by atoms with Crippen molar-refractivity contribution in [2.24, 2.45) is 0 Å². The number of carbonyl (C=O) groups is 3. The Bertz CT molecular complexity index is 749. The summed E-state index contributed by atoms with van der Waals surface area (Å²) in [5.74, 6) is -1.94. The van der Waals surface area contributed by atoms with Crippen LogP contribution in [0.1, 0.15) is 20.8 Å². The van der Waals surface area contributed by atoms with Crippen molar-refractivity contribution in [3.63, 3.8) is 0 Å². The molecule has 0 amide bonds. The van der Waals surface area contributed by atoms with Crippen LogP contribution < -0.4 is 5.32 Å². The lowest BCUT2D eigenvalue weighted by Gasteiger charge is -2.40. The van der Waals surface area contributed by atoms with Crippen molar-refractivity contribution in [3.05, 3.63) is 34.4 Å². The Balaban J connectivity index is 2.25. The van der Waals surface area contributed by atoms with Gasteiger partial charge in [0, 0.05) is 38.6 Å². The van der Waals surface area contributed by atoms with Crippen LogP contribution in [0.2, 0.25) is 0 Å². The third-order valence-corrected chi connectivity index (χ3v) is 3.74. The number of nitrogens with one attached hydrogen (secondary N) is 1. The lowest BCUT2D eigenvalue weighted by atomic mass is 10.0. The highest BCUT2D eigenvalue weighted by Crippen LogP contribution is 2.26. The zero-order valence-corrected chi connectivity index (χ0v) is 15.4. The molecule has 1 aromatic carbocycles. The first-order valence-corrected chi connectivity index (χ1v) is 8.31. The number of hydrogen-bond donors (Lipinski definition) is 1. The highest BCUT2D eigenvalue weighted by atomic mass is 16.6. The van der Waals surface area contributed by atoms with E-state index < -0.39 is 47.4 Å². The topological polar surface area (TPSA) is 143 Å². The molecule has 4 atom stereocenters. The van der Waals surface area contributed by atoms with Crippen LogP contribution >= 0.6 is 0 Å². The number of carbonyl (C=O) groups excluding carboxylic acids is 3. The molecule has 11 nitrogen and oxygen atoms in total. The van der Waals surface area contributed by atoms with E-state index in [-0.39, 0.29) is 12.3 Å². The highest BCUT2D eigenvalue weighted by molar-refractivity contribution is 5.68. The lowest BCUT2D eigenvalue weighted by molar-refractivity contribution is -0.384. The van der Waals surface area contributed by atoms with E-state index in [2.05, 4.69) is 5.32 Å². The van der Waals surface area contributed by atoms with E-state index in [4.69, 9.17) is 18.9 Å². The Labute approximate surface area is 160 Å². The van der Waals surface area contributed by atoms with Crippen molar-refractivity contribution in [1.29, 1.82) is 0 Å². The quantitative estimate of drug-likeness (QED) is 0.322. The summed E-state index contributed by atoms with van der Waals surface area (Å²) in [6, 6.07) is 5.48. The molecular weight excluding hydrogens is 376 g/mol. The highest BCUT2D eigenvalue weighted by Gasteiger charge is 2.47. The van der Waals surface area contributed by atoms with Crippen molar-refractivity contribution in [3.8, 4) is 0 Å². The van der Waals surface area contributed by atoms with E-state index in [0.717, 1.165) is 0 Å². The van der Waals surface area contributed by atoms with E-state index in [1.807, 2.05) is 0 Å². The van der Waals surface area contributed by atoms with Crippen LogP contribution in [-0.2, 0) is 33.3 Å². The van der Waals surface area contributed by atoms with Gasteiger partial charge in [-0.1, -0.05) is 0 Å². The predicted octanol–water partition coefficient (Wildman–Crippen LogP) is 1.16. The summed E-state index contributed by atoms with van der Waals surface area (Å²) in [7, 11) is 0. The lowest BCUT2D eigenvalue weighted by Crippen LogP contribution is -2.59. The van der Waals surface area contributed by atoms with Crippen LogP contribution in [0.25, 0.3) is 0 Å². The summed E-state index contributed by atoms with van der Waals surface area (Å²) in [5, 5.41) is 13.7. The average molecular weight is 396 g/mol. The number of nitro groups is 1. The minimum absolute atomic E-state index is 0.0978. The van der Waals surface area contributed by atoms with E-state index >= 15 is 0 Å². The molecule has 0 spiro atoms. The zero-order chi connectivity index (χ0) is 20.8. The number of benzene rings is 1. The molecular formula is C17H20N2O9. The summed E-state index contributed by atoms with van der Waals surface area (Å²) < 4.78 is 21.2. The van der Waals surface area contributed by atoms with Crippen LogP contribution in [0, 0.1) is 10.1 Å². The fourth-order valence-corrected chi connectivity index (χ4v) is 2.71. The largest absolute Gasteiger partial charge is 0.456 e. The number of hydrogen-bond acceptors (Lipinski definition) is 10. The zero-order valence-electron chi connectivity index (χ0n) is 15.4. The molecule has 1 aromatic rings. The molecule has 0 aliphatic carbocycles. The molecule has 1 heterocycles. The van der Waals surface area contributed by atoms with Crippen molar-refractivity contribution < 1.29 is 38.3 Å². The summed E-state index contributed by atoms with van der Waals surface area (Å²) >= 11 is 0. The Kier molecular flexibility index (Phi) is 6.88. The Morgan fingerprint density at radius 1 is 1.00 bits per heavy atom. The molecule has 152 valence electrons. The number of anilines is 1. The maximum absolute atomic E-state index is 11.6. The van der Waals surface area contributed by atoms with Gasteiger partial charge < -0.3 is 24.3 Å². The minimum Gasteiger partial charge on any atom is -0.456 e. The average Bonchev–Trinajstić information content (AvgIpc) is 2.59. The molecule has 1 aliphatic heterocycles. The first-order chi connectivity index (χ1) is 13.2. The normalized spacial score (nSPS) is 24.0. The summed E-state index contributed by atoms with van der Waals surface area (Å²) in [6.07, 6.45) is -4.16. The van der Waals surface area contributed by atoms with E-state index in [1.165, 1.54) is 45.0 Å². The van der Waals surface area contributed by atoms with Gasteiger partial charge in [0.2, 0.25) is 0 Å². The molecule has 1 saturated heterocycles. The molecule has 0 aromatic heterocycles. The van der Waals surface area contributed by atoms with Gasteiger partial charge in [-0.25, -0.2) is 0 Å². The van der Waals surface area contributed by atoms with Gasteiger partial charge >= 0.3 is 17.9 Å². The molecule has 0 radical (unpaired) electrons. The number of ether oxygens (including phenoxy) is 4. The van der Waals surface area contributed by atoms with Gasteiger partial charge in [-0.15, -0.1) is 0 Å². The van der Waals surface area contributed by atoms with Gasteiger partial charge in [0.05, 0.1) is 11.5 Å².